The van der Waals surface area contributed by atoms with E-state index < -0.39 is 5.97 Å². The second-order valence-corrected chi connectivity index (χ2v) is 4.74. The minimum atomic E-state index is -1.00. The fraction of sp³-hybridized carbons (Fsp3) is 0.357. The summed E-state index contributed by atoms with van der Waals surface area (Å²) >= 11 is 0. The Kier molecular flexibility index (Phi) is 3.55. The Labute approximate surface area is 106 Å². The maximum atomic E-state index is 11.2. The Morgan fingerprint density at radius 3 is 2.67 bits per heavy atom. The zero-order chi connectivity index (χ0) is 13.1. The average Bonchev–Trinajstić information content (AvgIpc) is 2.35. The minimum absolute atomic E-state index is 0.0966. The van der Waals surface area contributed by atoms with E-state index in [4.69, 9.17) is 0 Å². The summed E-state index contributed by atoms with van der Waals surface area (Å²) < 4.78 is 0. The first-order valence-electron chi connectivity index (χ1n) is 6.07. The van der Waals surface area contributed by atoms with Crippen LogP contribution in [-0.2, 0) is 6.42 Å². The minimum Gasteiger partial charge on any atom is -0.476 e. The van der Waals surface area contributed by atoms with Crippen LogP contribution in [0, 0.1) is 5.92 Å². The molecule has 4 heteroatoms. The second-order valence-electron chi connectivity index (χ2n) is 4.74. The lowest BCUT2D eigenvalue weighted by Crippen LogP contribution is -2.07. The highest BCUT2D eigenvalue weighted by Gasteiger charge is 2.13. The molecular weight excluding hydrogens is 228 g/mol. The van der Waals surface area contributed by atoms with E-state index in [1.165, 1.54) is 0 Å². The van der Waals surface area contributed by atoms with Crippen molar-refractivity contribution in [2.45, 2.75) is 26.7 Å². The quantitative estimate of drug-likeness (QED) is 0.898. The van der Waals surface area contributed by atoms with Gasteiger partial charge in [-0.25, -0.2) is 14.8 Å². The standard InChI is InChI=1S/C14H16N2O2/c1-9(2)7-8-12-15-11-6-4-3-5-10(11)13(16-12)14(17)18/h3-6,9H,7-8H2,1-2H3,(H,17,18). The molecule has 1 N–H and O–H groups in total. The Bertz CT molecular complexity index is 579. The molecule has 0 aliphatic heterocycles. The van der Waals surface area contributed by atoms with Crippen LogP contribution in [0.4, 0.5) is 0 Å². The number of aromatic carboxylic acids is 1. The molecule has 2 aromatic rings. The van der Waals surface area contributed by atoms with Gasteiger partial charge >= 0.3 is 5.97 Å². The van der Waals surface area contributed by atoms with Crippen LogP contribution in [0.2, 0.25) is 0 Å². The van der Waals surface area contributed by atoms with Gasteiger partial charge in [0.1, 0.15) is 5.82 Å². The number of carbonyl (C=O) groups is 1. The fourth-order valence-electron chi connectivity index (χ4n) is 1.82. The largest absolute Gasteiger partial charge is 0.476 e. The molecule has 94 valence electrons. The van der Waals surface area contributed by atoms with E-state index in [9.17, 15) is 9.90 Å². The monoisotopic (exact) mass is 244 g/mol. The Morgan fingerprint density at radius 1 is 1.28 bits per heavy atom. The highest BCUT2D eigenvalue weighted by atomic mass is 16.4. The van der Waals surface area contributed by atoms with Crippen LogP contribution in [0.1, 0.15) is 36.6 Å². The van der Waals surface area contributed by atoms with Gasteiger partial charge in [0.2, 0.25) is 0 Å². The smallest absolute Gasteiger partial charge is 0.355 e. The number of para-hydroxylation sites is 1. The predicted molar refractivity (Wildman–Crippen MR) is 69.7 cm³/mol. The number of fused-ring (bicyclic) bond motifs is 1. The summed E-state index contributed by atoms with van der Waals surface area (Å²) in [4.78, 5) is 19.8. The van der Waals surface area contributed by atoms with Gasteiger partial charge in [0.15, 0.2) is 5.69 Å². The molecule has 0 atom stereocenters. The number of carboxylic acids is 1. The van der Waals surface area contributed by atoms with Gasteiger partial charge in [0, 0.05) is 11.8 Å². The molecule has 1 aromatic carbocycles. The van der Waals surface area contributed by atoms with Crippen molar-refractivity contribution in [3.8, 4) is 0 Å². The molecule has 4 nitrogen and oxygen atoms in total. The van der Waals surface area contributed by atoms with Gasteiger partial charge in [0.25, 0.3) is 0 Å². The van der Waals surface area contributed by atoms with E-state index in [-0.39, 0.29) is 5.69 Å². The number of nitrogens with zero attached hydrogens (tertiary/aromatic N) is 2. The SMILES string of the molecule is CC(C)CCc1nc(C(=O)O)c2ccccc2n1. The van der Waals surface area contributed by atoms with Crippen molar-refractivity contribution in [2.75, 3.05) is 0 Å². The van der Waals surface area contributed by atoms with Crippen molar-refractivity contribution in [2.24, 2.45) is 5.92 Å². The van der Waals surface area contributed by atoms with Gasteiger partial charge in [-0.05, 0) is 18.4 Å². The summed E-state index contributed by atoms with van der Waals surface area (Å²) in [5, 5.41) is 9.79. The summed E-state index contributed by atoms with van der Waals surface area (Å²) in [6.07, 6.45) is 1.67. The normalized spacial score (nSPS) is 11.1. The Morgan fingerprint density at radius 2 is 2.00 bits per heavy atom. The number of rotatable bonds is 4. The first-order valence-corrected chi connectivity index (χ1v) is 6.07. The van der Waals surface area contributed by atoms with Gasteiger partial charge in [-0.15, -0.1) is 0 Å². The van der Waals surface area contributed by atoms with Crippen LogP contribution in [0.25, 0.3) is 10.9 Å². The Balaban J connectivity index is 2.47. The molecule has 18 heavy (non-hydrogen) atoms. The van der Waals surface area contributed by atoms with Crippen LogP contribution in [-0.4, -0.2) is 21.0 Å². The molecule has 1 heterocycles. The molecule has 2 rings (SSSR count). The van der Waals surface area contributed by atoms with Crippen molar-refractivity contribution in [1.29, 1.82) is 0 Å². The van der Waals surface area contributed by atoms with E-state index in [0.717, 1.165) is 6.42 Å². The van der Waals surface area contributed by atoms with E-state index in [1.807, 2.05) is 12.1 Å². The second kappa shape index (κ2) is 5.12. The van der Waals surface area contributed by atoms with Crippen molar-refractivity contribution >= 4 is 16.9 Å². The summed E-state index contributed by atoms with van der Waals surface area (Å²) in [5.74, 6) is 0.160. The molecule has 0 bridgehead atoms. The molecule has 0 spiro atoms. The number of hydrogen-bond donors (Lipinski definition) is 1. The maximum absolute atomic E-state index is 11.2. The molecule has 0 amide bonds. The number of aromatic nitrogens is 2. The van der Waals surface area contributed by atoms with Crippen molar-refractivity contribution in [3.05, 3.63) is 35.8 Å². The first kappa shape index (κ1) is 12.5. The van der Waals surface area contributed by atoms with Crippen molar-refractivity contribution in [3.63, 3.8) is 0 Å². The summed E-state index contributed by atoms with van der Waals surface area (Å²) in [6, 6.07) is 7.21. The molecular formula is C14H16N2O2. The number of aryl methyl sites for hydroxylation is 1. The molecule has 0 radical (unpaired) electrons. The summed E-state index contributed by atoms with van der Waals surface area (Å²) in [5.41, 5.74) is 0.794. The third-order valence-corrected chi connectivity index (χ3v) is 2.80. The Hall–Kier alpha value is -1.97. The zero-order valence-electron chi connectivity index (χ0n) is 10.6. The lowest BCUT2D eigenvalue weighted by Gasteiger charge is -2.07. The fourth-order valence-corrected chi connectivity index (χ4v) is 1.82. The van der Waals surface area contributed by atoms with Crippen LogP contribution < -0.4 is 0 Å². The molecule has 0 saturated carbocycles. The third-order valence-electron chi connectivity index (χ3n) is 2.80. The third kappa shape index (κ3) is 2.64. The first-order chi connectivity index (χ1) is 8.58. The topological polar surface area (TPSA) is 63.1 Å². The van der Waals surface area contributed by atoms with Crippen LogP contribution >= 0.6 is 0 Å². The molecule has 0 fully saturated rings. The average molecular weight is 244 g/mol. The van der Waals surface area contributed by atoms with Gasteiger partial charge in [-0.3, -0.25) is 0 Å². The molecule has 0 unspecified atom stereocenters. The van der Waals surface area contributed by atoms with E-state index in [2.05, 4.69) is 23.8 Å². The van der Waals surface area contributed by atoms with Gasteiger partial charge in [-0.2, -0.15) is 0 Å². The maximum Gasteiger partial charge on any atom is 0.355 e. The van der Waals surface area contributed by atoms with Gasteiger partial charge < -0.3 is 5.11 Å². The van der Waals surface area contributed by atoms with Crippen LogP contribution in [0.15, 0.2) is 24.3 Å². The number of carboxylic acid groups (broad SMARTS) is 1. The highest BCUT2D eigenvalue weighted by Crippen LogP contribution is 2.17. The van der Waals surface area contributed by atoms with Crippen LogP contribution in [0.5, 0.6) is 0 Å². The zero-order valence-corrected chi connectivity index (χ0v) is 10.6. The van der Waals surface area contributed by atoms with Gasteiger partial charge in [-0.1, -0.05) is 32.0 Å². The molecule has 0 aliphatic carbocycles. The van der Waals surface area contributed by atoms with E-state index in [0.29, 0.717) is 29.1 Å². The molecule has 1 aromatic heterocycles. The predicted octanol–water partition coefficient (Wildman–Crippen LogP) is 2.92. The highest BCUT2D eigenvalue weighted by molar-refractivity contribution is 6.00. The summed E-state index contributed by atoms with van der Waals surface area (Å²) in [6.45, 7) is 4.25. The van der Waals surface area contributed by atoms with Crippen molar-refractivity contribution < 1.29 is 9.90 Å². The lowest BCUT2D eigenvalue weighted by molar-refractivity contribution is 0.0692. The molecule has 0 saturated heterocycles. The lowest BCUT2D eigenvalue weighted by atomic mass is 10.1. The van der Waals surface area contributed by atoms with Gasteiger partial charge in [0.05, 0.1) is 5.52 Å². The van der Waals surface area contributed by atoms with Crippen LogP contribution in [0.3, 0.4) is 0 Å². The summed E-state index contributed by atoms with van der Waals surface area (Å²) in [7, 11) is 0. The number of hydrogen-bond acceptors (Lipinski definition) is 3. The molecule has 0 aliphatic rings. The van der Waals surface area contributed by atoms with E-state index >= 15 is 0 Å². The van der Waals surface area contributed by atoms with E-state index in [1.54, 1.807) is 12.1 Å². The van der Waals surface area contributed by atoms with Crippen molar-refractivity contribution in [1.82, 2.24) is 9.97 Å². The number of benzene rings is 1.